The predicted octanol–water partition coefficient (Wildman–Crippen LogP) is 23.8. The van der Waals surface area contributed by atoms with Crippen molar-refractivity contribution in [2.24, 2.45) is 0 Å². The number of rotatable bonds is 62. The smallest absolute Gasteiger partial charge is 0.306 e. The summed E-state index contributed by atoms with van der Waals surface area (Å²) >= 11 is 0. The normalized spacial score (nSPS) is 12.8. The largest absolute Gasteiger partial charge is 0.462 e. The zero-order chi connectivity index (χ0) is 58.5. The van der Waals surface area contributed by atoms with Crippen LogP contribution in [-0.4, -0.2) is 37.2 Å². The molecule has 0 aliphatic carbocycles. The average molecular weight is 1130 g/mol. The van der Waals surface area contributed by atoms with E-state index in [1.165, 1.54) is 167 Å². The lowest BCUT2D eigenvalue weighted by atomic mass is 10.0. The van der Waals surface area contributed by atoms with Crippen molar-refractivity contribution in [3.8, 4) is 0 Å². The van der Waals surface area contributed by atoms with E-state index < -0.39 is 6.10 Å². The Kier molecular flexibility index (Phi) is 65.2. The molecule has 6 nitrogen and oxygen atoms in total. The molecule has 0 N–H and O–H groups in total. The highest BCUT2D eigenvalue weighted by Gasteiger charge is 2.19. The zero-order valence-electron chi connectivity index (χ0n) is 53.3. The molecule has 0 aliphatic rings. The van der Waals surface area contributed by atoms with Crippen LogP contribution in [0.5, 0.6) is 0 Å². The molecule has 1 unspecified atom stereocenters. The molecule has 0 aromatic heterocycles. The fraction of sp³-hybridized carbons (Fsp3) is 0.720. The maximum atomic E-state index is 12.9. The molecule has 0 saturated carbocycles. The van der Waals surface area contributed by atoms with Gasteiger partial charge in [0.05, 0.1) is 0 Å². The van der Waals surface area contributed by atoms with Gasteiger partial charge in [-0.3, -0.25) is 14.4 Å². The summed E-state index contributed by atoms with van der Waals surface area (Å²) in [6, 6.07) is 0. The molecule has 81 heavy (non-hydrogen) atoms. The first-order valence-corrected chi connectivity index (χ1v) is 34.4. The molecule has 0 aromatic rings. The van der Waals surface area contributed by atoms with E-state index in [0.29, 0.717) is 12.8 Å². The molecule has 6 heteroatoms. The number of ether oxygens (including phenoxy) is 3. The van der Waals surface area contributed by atoms with E-state index in [1.807, 2.05) is 0 Å². The first-order valence-electron chi connectivity index (χ1n) is 34.4. The van der Waals surface area contributed by atoms with Crippen LogP contribution < -0.4 is 0 Å². The number of hydrogen-bond acceptors (Lipinski definition) is 6. The van der Waals surface area contributed by atoms with Gasteiger partial charge in [-0.1, -0.05) is 316 Å². The third-order valence-corrected chi connectivity index (χ3v) is 14.8. The van der Waals surface area contributed by atoms with Gasteiger partial charge in [0.15, 0.2) is 6.10 Å². The van der Waals surface area contributed by atoms with Gasteiger partial charge in [0.1, 0.15) is 13.2 Å². The van der Waals surface area contributed by atoms with Gasteiger partial charge in [0, 0.05) is 19.3 Å². The topological polar surface area (TPSA) is 78.9 Å². The SMILES string of the molecule is CC/C=C\C/C=C\C/C=C\C/C=C\C/C=C\CCCCCC(=O)OC(COC(=O)CCCC/C=C\C/C=C\C/C=C\C/C=C\CC)COC(=O)CCCCCCCCCCCCCCCCCCCCCCCCCCCCCCC. The fourth-order valence-corrected chi connectivity index (χ4v) is 9.70. The molecule has 0 aromatic carbocycles. The maximum Gasteiger partial charge on any atom is 0.306 e. The van der Waals surface area contributed by atoms with E-state index in [4.69, 9.17) is 14.2 Å². The first kappa shape index (κ1) is 77.1. The van der Waals surface area contributed by atoms with Crippen molar-refractivity contribution >= 4 is 17.9 Å². The number of hydrogen-bond donors (Lipinski definition) is 0. The van der Waals surface area contributed by atoms with E-state index in [-0.39, 0.29) is 37.5 Å². The minimum absolute atomic E-state index is 0.104. The van der Waals surface area contributed by atoms with Gasteiger partial charge in [0.2, 0.25) is 0 Å². The third-order valence-electron chi connectivity index (χ3n) is 14.8. The Morgan fingerprint density at radius 2 is 0.481 bits per heavy atom. The van der Waals surface area contributed by atoms with Gasteiger partial charge in [-0.2, -0.15) is 0 Å². The van der Waals surface area contributed by atoms with Crippen LogP contribution in [0.1, 0.15) is 329 Å². The van der Waals surface area contributed by atoms with Crippen LogP contribution >= 0.6 is 0 Å². The number of carbonyl (C=O) groups excluding carboxylic acids is 3. The number of allylic oxidation sites excluding steroid dienone is 18. The van der Waals surface area contributed by atoms with E-state index in [0.717, 1.165) is 122 Å². The Labute approximate surface area is 501 Å². The number of carbonyl (C=O) groups is 3. The molecule has 0 heterocycles. The summed E-state index contributed by atoms with van der Waals surface area (Å²) in [7, 11) is 0. The average Bonchev–Trinajstić information content (AvgIpc) is 3.47. The quantitative estimate of drug-likeness (QED) is 0.0261. The minimum Gasteiger partial charge on any atom is -0.462 e. The van der Waals surface area contributed by atoms with E-state index in [9.17, 15) is 14.4 Å². The second kappa shape index (κ2) is 68.6. The van der Waals surface area contributed by atoms with Crippen LogP contribution in [0.15, 0.2) is 109 Å². The van der Waals surface area contributed by atoms with Crippen LogP contribution in [0.3, 0.4) is 0 Å². The molecule has 0 saturated heterocycles. The minimum atomic E-state index is -0.815. The zero-order valence-corrected chi connectivity index (χ0v) is 53.3. The van der Waals surface area contributed by atoms with Crippen molar-refractivity contribution in [2.75, 3.05) is 13.2 Å². The molecule has 0 radical (unpaired) electrons. The Balaban J connectivity index is 4.32. The summed E-state index contributed by atoms with van der Waals surface area (Å²) in [5.74, 6) is -0.970. The molecule has 0 rings (SSSR count). The maximum absolute atomic E-state index is 12.9. The molecule has 464 valence electrons. The molecular formula is C75H128O6. The summed E-state index contributed by atoms with van der Waals surface area (Å²) in [5, 5.41) is 0. The van der Waals surface area contributed by atoms with Gasteiger partial charge < -0.3 is 14.2 Å². The molecule has 0 fully saturated rings. The fourth-order valence-electron chi connectivity index (χ4n) is 9.70. The Morgan fingerprint density at radius 3 is 0.778 bits per heavy atom. The highest BCUT2D eigenvalue weighted by atomic mass is 16.6. The molecule has 0 amide bonds. The van der Waals surface area contributed by atoms with Gasteiger partial charge >= 0.3 is 17.9 Å². The van der Waals surface area contributed by atoms with Crippen LogP contribution in [0, 0.1) is 0 Å². The lowest BCUT2D eigenvalue weighted by molar-refractivity contribution is -0.167. The lowest BCUT2D eigenvalue weighted by Gasteiger charge is -2.18. The van der Waals surface area contributed by atoms with Gasteiger partial charge in [0.25, 0.3) is 0 Å². The number of unbranched alkanes of at least 4 members (excludes halogenated alkanes) is 33. The second-order valence-corrected chi connectivity index (χ2v) is 22.7. The van der Waals surface area contributed by atoms with Crippen molar-refractivity contribution in [3.63, 3.8) is 0 Å². The van der Waals surface area contributed by atoms with Crippen LogP contribution in [-0.2, 0) is 28.6 Å². The molecule has 0 bridgehead atoms. The van der Waals surface area contributed by atoms with Crippen molar-refractivity contribution < 1.29 is 28.6 Å². The summed E-state index contributed by atoms with van der Waals surface area (Å²) in [6.07, 6.45) is 94.2. The van der Waals surface area contributed by atoms with Crippen molar-refractivity contribution in [1.82, 2.24) is 0 Å². The Bertz CT molecular complexity index is 1620. The second-order valence-electron chi connectivity index (χ2n) is 22.7. The van der Waals surface area contributed by atoms with Crippen molar-refractivity contribution in [3.05, 3.63) is 109 Å². The standard InChI is InChI=1S/C75H128O6/c1-4-7-10-13-16-19-22-25-28-30-32-33-34-35-36-37-38-39-40-41-43-44-47-50-53-56-59-62-65-68-74(77)80-71-72(70-79-73(76)67-64-61-58-55-52-49-46-27-24-21-18-15-12-9-6-3)81-75(78)69-66-63-60-57-54-51-48-45-42-31-29-26-23-20-17-14-11-8-5-2/h8-9,11-12,17-18,20-21,26-27,29,42,45-46,51-52,54-55,72H,4-7,10,13-16,19,22-25,28,30-41,43-44,47-50,53,56-71H2,1-3H3/b11-8-,12-9-,20-17-,21-18-,29-26-,45-42-,46-27-,54-51-,55-52-. The molecular weight excluding hydrogens is 997 g/mol. The number of esters is 3. The highest BCUT2D eigenvalue weighted by molar-refractivity contribution is 5.71. The highest BCUT2D eigenvalue weighted by Crippen LogP contribution is 2.18. The summed E-state index contributed by atoms with van der Waals surface area (Å²) in [6.45, 7) is 6.38. The van der Waals surface area contributed by atoms with Crippen molar-refractivity contribution in [1.29, 1.82) is 0 Å². The molecule has 0 aliphatic heterocycles. The predicted molar refractivity (Wildman–Crippen MR) is 353 cm³/mol. The van der Waals surface area contributed by atoms with Crippen LogP contribution in [0.4, 0.5) is 0 Å². The van der Waals surface area contributed by atoms with E-state index in [2.05, 4.69) is 130 Å². The molecule has 1 atom stereocenters. The third kappa shape index (κ3) is 66.8. The van der Waals surface area contributed by atoms with E-state index >= 15 is 0 Å². The monoisotopic (exact) mass is 1120 g/mol. The lowest BCUT2D eigenvalue weighted by Crippen LogP contribution is -2.30. The van der Waals surface area contributed by atoms with Gasteiger partial charge in [-0.25, -0.2) is 0 Å². The molecule has 0 spiro atoms. The first-order chi connectivity index (χ1) is 40.0. The van der Waals surface area contributed by atoms with Gasteiger partial charge in [-0.05, 0) is 103 Å². The summed E-state index contributed by atoms with van der Waals surface area (Å²) in [5.41, 5.74) is 0. The summed E-state index contributed by atoms with van der Waals surface area (Å²) in [4.78, 5) is 38.4. The van der Waals surface area contributed by atoms with Gasteiger partial charge in [-0.15, -0.1) is 0 Å². The summed E-state index contributed by atoms with van der Waals surface area (Å²) < 4.78 is 16.9. The Hall–Kier alpha value is -3.93. The van der Waals surface area contributed by atoms with Crippen LogP contribution in [0.25, 0.3) is 0 Å². The Morgan fingerprint density at radius 1 is 0.259 bits per heavy atom. The van der Waals surface area contributed by atoms with Crippen molar-refractivity contribution in [2.45, 2.75) is 335 Å². The van der Waals surface area contributed by atoms with Crippen LogP contribution in [0.2, 0.25) is 0 Å². The van der Waals surface area contributed by atoms with E-state index in [1.54, 1.807) is 0 Å².